The summed E-state index contributed by atoms with van der Waals surface area (Å²) in [6, 6.07) is 31.3. The number of hydrogen-bond acceptors (Lipinski definition) is 3. The molecule has 0 atom stereocenters. The Bertz CT molecular complexity index is 3340. The second kappa shape index (κ2) is 15.8. The lowest BCUT2D eigenvalue weighted by Crippen LogP contribution is -2.08. The molecule has 6 aromatic carbocycles. The maximum Gasteiger partial charge on any atom is 0.416 e. The fraction of sp³-hybridized carbons (Fsp3) is 0.100. The molecule has 65 heavy (non-hydrogen) atoms. The molecule has 0 saturated carbocycles. The molecule has 0 saturated heterocycles. The molecule has 0 bridgehead atoms. The van der Waals surface area contributed by atoms with Gasteiger partial charge in [0.15, 0.2) is 0 Å². The average molecular weight is 889 g/mol. The van der Waals surface area contributed by atoms with Crippen LogP contribution in [0, 0.1) is 6.92 Å². The Morgan fingerprint density at radius 3 is 1.40 bits per heavy atom. The first-order valence-electron chi connectivity index (χ1n) is 20.0. The fourth-order valence-electron chi connectivity index (χ4n) is 7.98. The quantitative estimate of drug-likeness (QED) is 0.143. The maximum atomic E-state index is 14.3. The van der Waals surface area contributed by atoms with Crippen LogP contribution in [-0.4, -0.2) is 28.7 Å². The van der Waals surface area contributed by atoms with E-state index in [4.69, 9.17) is 15.0 Å². The summed E-state index contributed by atoms with van der Waals surface area (Å²) in [6.07, 6.45) is -9.25. The molecule has 9 rings (SSSR count). The number of aromatic nitrogens is 6. The van der Waals surface area contributed by atoms with Crippen molar-refractivity contribution in [3.8, 4) is 51.2 Å². The van der Waals surface area contributed by atoms with Crippen LogP contribution in [0.2, 0.25) is 0 Å². The molecule has 0 unspecified atom stereocenters. The molecule has 0 spiro atoms. The van der Waals surface area contributed by atoms with Gasteiger partial charge in [0.25, 0.3) is 0 Å². The van der Waals surface area contributed by atoms with Gasteiger partial charge in [0.2, 0.25) is 0 Å². The molecule has 9 aromatic rings. The summed E-state index contributed by atoms with van der Waals surface area (Å²) in [5, 5.41) is 0. The van der Waals surface area contributed by atoms with Crippen LogP contribution in [0.3, 0.4) is 0 Å². The first-order chi connectivity index (χ1) is 30.9. The Morgan fingerprint density at radius 2 is 0.923 bits per heavy atom. The number of benzene rings is 6. The van der Waals surface area contributed by atoms with Gasteiger partial charge in [-0.3, -0.25) is 13.7 Å². The molecule has 6 nitrogen and oxygen atoms in total. The van der Waals surface area contributed by atoms with Crippen LogP contribution in [-0.2, 0) is 18.5 Å². The third-order valence-corrected chi connectivity index (χ3v) is 10.8. The van der Waals surface area contributed by atoms with Crippen LogP contribution in [0.5, 0.6) is 0 Å². The topological polar surface area (TPSA) is 53.5 Å². The van der Waals surface area contributed by atoms with Gasteiger partial charge in [0.05, 0.1) is 50.1 Å². The van der Waals surface area contributed by atoms with Gasteiger partial charge >= 0.3 is 18.5 Å². The van der Waals surface area contributed by atoms with Gasteiger partial charge in [-0.05, 0) is 129 Å². The largest absolute Gasteiger partial charge is 0.416 e. The zero-order valence-electron chi connectivity index (χ0n) is 34.2. The lowest BCUT2D eigenvalue weighted by molar-refractivity contribution is -0.138. The minimum absolute atomic E-state index is 0.0859. The minimum Gasteiger partial charge on any atom is -0.292 e. The number of fused-ring (bicyclic) bond motifs is 2. The van der Waals surface area contributed by atoms with Crippen molar-refractivity contribution >= 4 is 34.2 Å². The summed E-state index contributed by atoms with van der Waals surface area (Å²) in [5.74, 6) is 0.472. The minimum atomic E-state index is -4.70. The van der Waals surface area contributed by atoms with Crippen molar-refractivity contribution in [3.05, 3.63) is 180 Å². The van der Waals surface area contributed by atoms with Crippen LogP contribution < -0.4 is 0 Å². The van der Waals surface area contributed by atoms with Crippen LogP contribution >= 0.6 is 0 Å². The summed E-state index contributed by atoms with van der Waals surface area (Å²) in [7, 11) is 0. The molecule has 0 aliphatic carbocycles. The smallest absolute Gasteiger partial charge is 0.292 e. The number of para-hydroxylation sites is 2. The molecule has 15 heteroatoms. The highest BCUT2D eigenvalue weighted by Crippen LogP contribution is 2.41. The van der Waals surface area contributed by atoms with E-state index in [1.54, 1.807) is 88.9 Å². The van der Waals surface area contributed by atoms with Gasteiger partial charge in [0, 0.05) is 33.8 Å². The predicted molar refractivity (Wildman–Crippen MR) is 234 cm³/mol. The maximum absolute atomic E-state index is 14.3. The van der Waals surface area contributed by atoms with Crippen molar-refractivity contribution in [2.75, 3.05) is 0 Å². The summed E-state index contributed by atoms with van der Waals surface area (Å²) in [5.41, 5.74) is 1.75. The Kier molecular flexibility index (Phi) is 10.4. The van der Waals surface area contributed by atoms with Crippen LogP contribution in [0.25, 0.3) is 85.4 Å². The van der Waals surface area contributed by atoms with E-state index in [0.29, 0.717) is 44.6 Å². The van der Waals surface area contributed by atoms with E-state index < -0.39 is 35.2 Å². The van der Waals surface area contributed by atoms with Gasteiger partial charge in [-0.2, -0.15) is 39.5 Å². The van der Waals surface area contributed by atoms with E-state index >= 15 is 0 Å². The highest BCUT2D eigenvalue weighted by atomic mass is 19.4. The molecule has 0 radical (unpaired) electrons. The average Bonchev–Trinajstić information content (AvgIpc) is 3.97. The Labute approximate surface area is 364 Å². The Balaban J connectivity index is 1.41. The normalized spacial score (nSPS) is 12.5. The van der Waals surface area contributed by atoms with Crippen molar-refractivity contribution in [1.82, 2.24) is 28.7 Å². The molecule has 0 fully saturated rings. The Morgan fingerprint density at radius 1 is 0.477 bits per heavy atom. The molecule has 0 aliphatic rings. The van der Waals surface area contributed by atoms with E-state index in [1.807, 2.05) is 6.92 Å². The van der Waals surface area contributed by atoms with Crippen LogP contribution in [0.1, 0.15) is 40.6 Å². The number of imidazole rings is 3. The number of alkyl halides is 9. The molecule has 326 valence electrons. The molecule has 3 heterocycles. The number of rotatable bonds is 8. The predicted octanol–water partition coefficient (Wildman–Crippen LogP) is 14.6. The van der Waals surface area contributed by atoms with E-state index in [2.05, 4.69) is 6.58 Å². The zero-order chi connectivity index (χ0) is 46.0. The Hall–Kier alpha value is -7.68. The third-order valence-electron chi connectivity index (χ3n) is 10.8. The molecule has 0 N–H and O–H groups in total. The summed E-state index contributed by atoms with van der Waals surface area (Å²) < 4.78 is 133. The standard InChI is InChI=1S/C50H33F9N6/c1-4-11-39-42(5-2)63(36-15-8-12-33(26-36)48(51,52)53)45(60-39)30-23-31(46-61-40-18-6-7-19-43(40)64(46)37-16-9-13-34(27-37)49(54,55)56)25-32(24-30)47-62-41-21-20-29(3)22-44(41)65(47)38-17-10-14-35(28-38)50(57,58)59/h4-28H,2H2,1,3H3/b11-4-. The SMILES string of the molecule is C=Cc1c(/C=C\C)nc(-c2cc(-c3nc4ccccc4n3-c3cccc(C(F)(F)F)c3)cc(-c3nc4ccc(C)cc4n3-c3cccc(C(F)(F)F)c3)c2)n1-c1cccc(C(F)(F)F)c1. The second-order valence-electron chi connectivity index (χ2n) is 15.2. The molecular weight excluding hydrogens is 856 g/mol. The first kappa shape index (κ1) is 42.6. The highest BCUT2D eigenvalue weighted by Gasteiger charge is 2.34. The van der Waals surface area contributed by atoms with Crippen molar-refractivity contribution in [2.45, 2.75) is 32.4 Å². The number of allylic oxidation sites excluding steroid dienone is 1. The van der Waals surface area contributed by atoms with E-state index in [9.17, 15) is 39.5 Å². The highest BCUT2D eigenvalue weighted by molar-refractivity contribution is 5.89. The fourth-order valence-corrected chi connectivity index (χ4v) is 7.98. The van der Waals surface area contributed by atoms with Crippen molar-refractivity contribution in [2.24, 2.45) is 0 Å². The van der Waals surface area contributed by atoms with E-state index in [1.165, 1.54) is 47.0 Å². The van der Waals surface area contributed by atoms with Gasteiger partial charge < -0.3 is 0 Å². The van der Waals surface area contributed by atoms with Gasteiger partial charge in [-0.25, -0.2) is 15.0 Å². The summed E-state index contributed by atoms with van der Waals surface area (Å²) in [4.78, 5) is 14.8. The first-order valence-corrected chi connectivity index (χ1v) is 20.0. The summed E-state index contributed by atoms with van der Waals surface area (Å²) in [6.45, 7) is 7.53. The van der Waals surface area contributed by atoms with Gasteiger partial charge in [-0.1, -0.05) is 49.1 Å². The van der Waals surface area contributed by atoms with Crippen LogP contribution in [0.15, 0.2) is 146 Å². The number of halogens is 9. The monoisotopic (exact) mass is 888 g/mol. The van der Waals surface area contributed by atoms with Crippen molar-refractivity contribution in [3.63, 3.8) is 0 Å². The number of hydrogen-bond donors (Lipinski definition) is 0. The van der Waals surface area contributed by atoms with E-state index in [-0.39, 0.29) is 40.1 Å². The molecule has 3 aromatic heterocycles. The molecular formula is C50H33F9N6. The number of aryl methyl sites for hydroxylation is 1. The van der Waals surface area contributed by atoms with E-state index in [0.717, 1.165) is 42.0 Å². The second-order valence-corrected chi connectivity index (χ2v) is 15.2. The van der Waals surface area contributed by atoms with Gasteiger partial charge in [-0.15, -0.1) is 0 Å². The lowest BCUT2D eigenvalue weighted by Gasteiger charge is -2.17. The van der Waals surface area contributed by atoms with Gasteiger partial charge in [0.1, 0.15) is 17.5 Å². The van der Waals surface area contributed by atoms with Crippen molar-refractivity contribution in [1.29, 1.82) is 0 Å². The van der Waals surface area contributed by atoms with Crippen LogP contribution in [0.4, 0.5) is 39.5 Å². The zero-order valence-corrected chi connectivity index (χ0v) is 34.2. The van der Waals surface area contributed by atoms with Crippen molar-refractivity contribution < 1.29 is 39.5 Å². The third kappa shape index (κ3) is 7.87. The molecule has 0 aliphatic heterocycles. The lowest BCUT2D eigenvalue weighted by atomic mass is 10.0. The number of nitrogens with zero attached hydrogens (tertiary/aromatic N) is 6. The molecule has 0 amide bonds. The summed E-state index contributed by atoms with van der Waals surface area (Å²) >= 11 is 0.